The van der Waals surface area contributed by atoms with Gasteiger partial charge in [0.05, 0.1) is 7.11 Å². The standard InChI is InChI=1S/C18H23NO2/c1-14(19-11-10-15-6-4-3-5-7-15)12-16-8-9-17(20)18(13-16)21-2/h3-9,13-14,19-20H,10-12H2,1-2H3. The van der Waals surface area contributed by atoms with Crippen LogP contribution in [-0.4, -0.2) is 24.8 Å². The lowest BCUT2D eigenvalue weighted by Gasteiger charge is -2.15. The van der Waals surface area contributed by atoms with Gasteiger partial charge in [-0.2, -0.15) is 0 Å². The summed E-state index contributed by atoms with van der Waals surface area (Å²) < 4.78 is 5.14. The Morgan fingerprint density at radius 2 is 1.86 bits per heavy atom. The Kier molecular flexibility index (Phi) is 5.64. The lowest BCUT2D eigenvalue weighted by molar-refractivity contribution is 0.372. The minimum absolute atomic E-state index is 0.186. The predicted octanol–water partition coefficient (Wildman–Crippen LogP) is 3.16. The molecule has 0 saturated carbocycles. The molecule has 0 aliphatic carbocycles. The molecule has 0 saturated heterocycles. The minimum Gasteiger partial charge on any atom is -0.504 e. The highest BCUT2D eigenvalue weighted by Gasteiger charge is 2.06. The van der Waals surface area contributed by atoms with Crippen molar-refractivity contribution in [1.29, 1.82) is 0 Å². The molecule has 0 bridgehead atoms. The summed E-state index contributed by atoms with van der Waals surface area (Å²) in [5.74, 6) is 0.718. The zero-order chi connectivity index (χ0) is 15.1. The number of phenols is 1. The van der Waals surface area contributed by atoms with E-state index in [-0.39, 0.29) is 5.75 Å². The molecule has 0 fully saturated rings. The number of ether oxygens (including phenoxy) is 1. The summed E-state index contributed by atoms with van der Waals surface area (Å²) in [6.45, 7) is 3.13. The summed E-state index contributed by atoms with van der Waals surface area (Å²) in [6.07, 6.45) is 1.94. The van der Waals surface area contributed by atoms with Crippen LogP contribution in [-0.2, 0) is 12.8 Å². The van der Waals surface area contributed by atoms with Crippen molar-refractivity contribution in [1.82, 2.24) is 5.32 Å². The molecule has 0 spiro atoms. The van der Waals surface area contributed by atoms with Gasteiger partial charge in [-0.05, 0) is 49.6 Å². The third-order valence-electron chi connectivity index (χ3n) is 3.54. The van der Waals surface area contributed by atoms with Gasteiger partial charge in [0, 0.05) is 6.04 Å². The highest BCUT2D eigenvalue weighted by atomic mass is 16.5. The fourth-order valence-corrected chi connectivity index (χ4v) is 2.38. The molecule has 0 heterocycles. The highest BCUT2D eigenvalue weighted by molar-refractivity contribution is 5.41. The topological polar surface area (TPSA) is 41.5 Å². The number of aromatic hydroxyl groups is 1. The molecule has 21 heavy (non-hydrogen) atoms. The van der Waals surface area contributed by atoms with E-state index >= 15 is 0 Å². The second-order valence-electron chi connectivity index (χ2n) is 5.30. The molecule has 0 aromatic heterocycles. The van der Waals surface area contributed by atoms with Crippen molar-refractivity contribution in [3.63, 3.8) is 0 Å². The molecule has 0 amide bonds. The zero-order valence-corrected chi connectivity index (χ0v) is 12.7. The van der Waals surface area contributed by atoms with E-state index in [0.29, 0.717) is 11.8 Å². The fraction of sp³-hybridized carbons (Fsp3) is 0.333. The number of nitrogens with one attached hydrogen (secondary N) is 1. The SMILES string of the molecule is COc1cc(CC(C)NCCc2ccccc2)ccc1O. The first-order valence-corrected chi connectivity index (χ1v) is 7.32. The zero-order valence-electron chi connectivity index (χ0n) is 12.7. The van der Waals surface area contributed by atoms with Gasteiger partial charge in [-0.3, -0.25) is 0 Å². The third-order valence-corrected chi connectivity index (χ3v) is 3.54. The number of hydrogen-bond acceptors (Lipinski definition) is 3. The normalized spacial score (nSPS) is 12.1. The van der Waals surface area contributed by atoms with Crippen molar-refractivity contribution in [2.45, 2.75) is 25.8 Å². The number of benzene rings is 2. The average molecular weight is 285 g/mol. The van der Waals surface area contributed by atoms with Gasteiger partial charge in [-0.1, -0.05) is 36.4 Å². The summed E-state index contributed by atoms with van der Waals surface area (Å²) >= 11 is 0. The van der Waals surface area contributed by atoms with Gasteiger partial charge in [0.2, 0.25) is 0 Å². The van der Waals surface area contributed by atoms with Crippen molar-refractivity contribution in [3.8, 4) is 11.5 Å². The summed E-state index contributed by atoms with van der Waals surface area (Å²) in [7, 11) is 1.57. The lowest BCUT2D eigenvalue weighted by Crippen LogP contribution is -2.29. The van der Waals surface area contributed by atoms with E-state index in [2.05, 4.69) is 36.5 Å². The summed E-state index contributed by atoms with van der Waals surface area (Å²) in [5.41, 5.74) is 2.51. The average Bonchev–Trinajstić information content (AvgIpc) is 2.50. The van der Waals surface area contributed by atoms with Crippen molar-refractivity contribution in [2.24, 2.45) is 0 Å². The van der Waals surface area contributed by atoms with Crippen LogP contribution >= 0.6 is 0 Å². The number of hydrogen-bond donors (Lipinski definition) is 2. The molecule has 1 atom stereocenters. The van der Waals surface area contributed by atoms with Crippen LogP contribution < -0.4 is 10.1 Å². The Bertz CT molecular complexity index is 554. The Labute approximate surface area is 126 Å². The molecule has 3 heteroatoms. The van der Waals surface area contributed by atoms with E-state index < -0.39 is 0 Å². The van der Waals surface area contributed by atoms with Gasteiger partial charge in [0.1, 0.15) is 0 Å². The molecule has 2 N–H and O–H groups in total. The predicted molar refractivity (Wildman–Crippen MR) is 86.0 cm³/mol. The molecule has 0 aliphatic heterocycles. The maximum Gasteiger partial charge on any atom is 0.160 e. The second kappa shape index (κ2) is 7.70. The van der Waals surface area contributed by atoms with E-state index in [1.54, 1.807) is 13.2 Å². The molecule has 112 valence electrons. The minimum atomic E-state index is 0.186. The largest absolute Gasteiger partial charge is 0.504 e. The Hall–Kier alpha value is -2.00. The van der Waals surface area contributed by atoms with E-state index in [1.807, 2.05) is 18.2 Å². The first-order chi connectivity index (χ1) is 10.2. The molecular formula is C18H23NO2. The van der Waals surface area contributed by atoms with E-state index in [4.69, 9.17) is 4.74 Å². The Morgan fingerprint density at radius 1 is 1.10 bits per heavy atom. The molecule has 0 aliphatic rings. The molecule has 2 aromatic carbocycles. The van der Waals surface area contributed by atoms with Crippen LogP contribution in [0.1, 0.15) is 18.1 Å². The quantitative estimate of drug-likeness (QED) is 0.821. The van der Waals surface area contributed by atoms with Crippen LogP contribution in [0.25, 0.3) is 0 Å². The highest BCUT2D eigenvalue weighted by Crippen LogP contribution is 2.26. The van der Waals surface area contributed by atoms with E-state index in [9.17, 15) is 5.11 Å². The summed E-state index contributed by atoms with van der Waals surface area (Å²) in [4.78, 5) is 0. The van der Waals surface area contributed by atoms with Crippen molar-refractivity contribution in [3.05, 3.63) is 59.7 Å². The van der Waals surface area contributed by atoms with Crippen LogP contribution in [0.3, 0.4) is 0 Å². The summed E-state index contributed by atoms with van der Waals surface area (Å²) in [5, 5.41) is 13.1. The maximum absolute atomic E-state index is 9.60. The summed E-state index contributed by atoms with van der Waals surface area (Å²) in [6, 6.07) is 16.4. The number of rotatable bonds is 7. The van der Waals surface area contributed by atoms with Gasteiger partial charge in [0.15, 0.2) is 11.5 Å². The van der Waals surface area contributed by atoms with Crippen LogP contribution in [0.15, 0.2) is 48.5 Å². The third kappa shape index (κ3) is 4.80. The van der Waals surface area contributed by atoms with Gasteiger partial charge < -0.3 is 15.2 Å². The molecular weight excluding hydrogens is 262 g/mol. The smallest absolute Gasteiger partial charge is 0.160 e. The second-order valence-corrected chi connectivity index (χ2v) is 5.30. The number of methoxy groups -OCH3 is 1. The van der Waals surface area contributed by atoms with Crippen LogP contribution in [0.2, 0.25) is 0 Å². The van der Waals surface area contributed by atoms with E-state index in [0.717, 1.165) is 24.9 Å². The molecule has 2 aromatic rings. The van der Waals surface area contributed by atoms with Crippen molar-refractivity contribution in [2.75, 3.05) is 13.7 Å². The molecule has 0 radical (unpaired) electrons. The first-order valence-electron chi connectivity index (χ1n) is 7.32. The first kappa shape index (κ1) is 15.4. The van der Waals surface area contributed by atoms with Crippen molar-refractivity contribution >= 4 is 0 Å². The van der Waals surface area contributed by atoms with Crippen LogP contribution in [0, 0.1) is 0 Å². The van der Waals surface area contributed by atoms with Crippen molar-refractivity contribution < 1.29 is 9.84 Å². The lowest BCUT2D eigenvalue weighted by atomic mass is 10.1. The van der Waals surface area contributed by atoms with Crippen LogP contribution in [0.4, 0.5) is 0 Å². The molecule has 1 unspecified atom stereocenters. The van der Waals surface area contributed by atoms with Crippen LogP contribution in [0.5, 0.6) is 11.5 Å². The maximum atomic E-state index is 9.60. The van der Waals surface area contributed by atoms with Gasteiger partial charge in [0.25, 0.3) is 0 Å². The molecule has 2 rings (SSSR count). The molecule has 3 nitrogen and oxygen atoms in total. The number of phenolic OH excluding ortho intramolecular Hbond substituents is 1. The monoisotopic (exact) mass is 285 g/mol. The van der Waals surface area contributed by atoms with Gasteiger partial charge in [-0.25, -0.2) is 0 Å². The Morgan fingerprint density at radius 3 is 2.57 bits per heavy atom. The van der Waals surface area contributed by atoms with Gasteiger partial charge in [-0.15, -0.1) is 0 Å². The van der Waals surface area contributed by atoms with E-state index in [1.165, 1.54) is 5.56 Å². The Balaban J connectivity index is 1.80. The fourth-order valence-electron chi connectivity index (χ4n) is 2.38. The van der Waals surface area contributed by atoms with Gasteiger partial charge >= 0.3 is 0 Å².